The normalized spacial score (nSPS) is 14.8. The van der Waals surface area contributed by atoms with Crippen molar-refractivity contribution in [3.8, 4) is 83.6 Å². The number of fused-ring (bicyclic) bond motifs is 26. The molecule has 19 rings (SSSR count). The molecule has 14 aromatic rings. The van der Waals surface area contributed by atoms with Gasteiger partial charge in [-0.1, -0.05) is 262 Å². The molecule has 0 N–H and O–H groups in total. The fourth-order valence-corrected chi connectivity index (χ4v) is 17.1. The maximum atomic E-state index is 2.55. The highest BCUT2D eigenvalue weighted by atomic mass is 15.0. The van der Waals surface area contributed by atoms with Crippen LogP contribution in [0.5, 0.6) is 0 Å². The highest BCUT2D eigenvalue weighted by molar-refractivity contribution is 6.10. The third-order valence-electron chi connectivity index (χ3n) is 20.9. The second kappa shape index (κ2) is 17.5. The second-order valence-electron chi connectivity index (χ2n) is 25.5. The summed E-state index contributed by atoms with van der Waals surface area (Å²) < 4.78 is 2.45. The summed E-state index contributed by atoms with van der Waals surface area (Å²) in [5.41, 5.74) is 38.0. The summed E-state index contributed by atoms with van der Waals surface area (Å²) in [5.74, 6) is 0. The van der Waals surface area contributed by atoms with Crippen LogP contribution in [0.1, 0.15) is 86.2 Å². The number of aromatic nitrogens is 1. The van der Waals surface area contributed by atoms with E-state index in [0.29, 0.717) is 0 Å². The summed E-state index contributed by atoms with van der Waals surface area (Å²) in [4.78, 5) is 0. The molecule has 0 atom stereocenters. The molecule has 0 bridgehead atoms. The summed E-state index contributed by atoms with van der Waals surface area (Å²) in [7, 11) is 0. The number of hydrogen-bond acceptors (Lipinski definition) is 0. The van der Waals surface area contributed by atoms with Crippen LogP contribution in [0.15, 0.2) is 279 Å². The lowest BCUT2D eigenvalue weighted by atomic mass is 9.69. The van der Waals surface area contributed by atoms with Crippen molar-refractivity contribution < 1.29 is 0 Å². The van der Waals surface area contributed by atoms with Gasteiger partial charge >= 0.3 is 0 Å². The topological polar surface area (TPSA) is 4.93 Å². The zero-order valence-corrected chi connectivity index (χ0v) is 48.7. The van der Waals surface area contributed by atoms with Crippen molar-refractivity contribution in [1.82, 2.24) is 4.57 Å². The Morgan fingerprint density at radius 1 is 0.264 bits per heavy atom. The van der Waals surface area contributed by atoms with Crippen LogP contribution in [0.3, 0.4) is 0 Å². The van der Waals surface area contributed by atoms with Crippen LogP contribution < -0.4 is 0 Å². The molecule has 0 unspecified atom stereocenters. The van der Waals surface area contributed by atoms with Crippen molar-refractivity contribution in [2.45, 2.75) is 37.0 Å². The van der Waals surface area contributed by atoms with Crippen molar-refractivity contribution in [2.75, 3.05) is 0 Å². The molecule has 5 aliphatic carbocycles. The van der Waals surface area contributed by atoms with Gasteiger partial charge in [0.05, 0.1) is 21.9 Å². The van der Waals surface area contributed by atoms with Crippen LogP contribution in [0.4, 0.5) is 0 Å². The van der Waals surface area contributed by atoms with Gasteiger partial charge in [-0.25, -0.2) is 0 Å². The molecule has 0 aliphatic heterocycles. The molecule has 0 fully saturated rings. The van der Waals surface area contributed by atoms with Crippen molar-refractivity contribution in [1.29, 1.82) is 0 Å². The van der Waals surface area contributed by atoms with E-state index in [0.717, 1.165) is 5.56 Å². The van der Waals surface area contributed by atoms with Crippen LogP contribution in [0, 0.1) is 6.92 Å². The Morgan fingerprint density at radius 3 is 1.20 bits per heavy atom. The van der Waals surface area contributed by atoms with Gasteiger partial charge in [-0.15, -0.1) is 0 Å². The highest BCUT2D eigenvalue weighted by Gasteiger charge is 2.54. The molecule has 87 heavy (non-hydrogen) atoms. The lowest BCUT2D eigenvalue weighted by molar-refractivity contribution is 0.660. The fourth-order valence-electron chi connectivity index (χ4n) is 17.1. The minimum Gasteiger partial charge on any atom is -0.309 e. The maximum Gasteiger partial charge on any atom is 0.0725 e. The van der Waals surface area contributed by atoms with E-state index in [2.05, 4.69) is 317 Å². The van der Waals surface area contributed by atoms with Crippen LogP contribution >= 0.6 is 0 Å². The SMILES string of the molecule is Cc1ccc2c(c1)C1(c3ccccc3-c3ccccc31)c1cc(-c3ccc4c(c3)C3(c5ccccc5-c5ccccc53)c3cc(-c5ccc(C=Cc6ccc7c(c6)c6ccccc6n7-c6ccc7c(c6)C(C)(C)c6ccccc6-7)cc5)ccc3-4)ccc1-2. The number of aryl methyl sites for hydroxylation is 1. The first-order chi connectivity index (χ1) is 42.8. The molecule has 1 aromatic heterocycles. The Bertz CT molecular complexity index is 5290. The van der Waals surface area contributed by atoms with Gasteiger partial charge in [0.25, 0.3) is 0 Å². The van der Waals surface area contributed by atoms with Gasteiger partial charge in [-0.05, 0) is 200 Å². The van der Waals surface area contributed by atoms with Gasteiger partial charge in [-0.3, -0.25) is 0 Å². The molecule has 1 heterocycles. The summed E-state index contributed by atoms with van der Waals surface area (Å²) in [6, 6.07) is 107. The maximum absolute atomic E-state index is 2.55. The van der Waals surface area contributed by atoms with E-state index in [9.17, 15) is 0 Å². The zero-order chi connectivity index (χ0) is 57.5. The quantitative estimate of drug-likeness (QED) is 0.151. The smallest absolute Gasteiger partial charge is 0.0725 e. The number of nitrogens with zero attached hydrogens (tertiary/aromatic N) is 1. The minimum absolute atomic E-state index is 0.0727. The van der Waals surface area contributed by atoms with E-state index in [-0.39, 0.29) is 5.41 Å². The minimum atomic E-state index is -0.514. The first-order valence-corrected chi connectivity index (χ1v) is 30.8. The number of benzene rings is 13. The first-order valence-electron chi connectivity index (χ1n) is 30.8. The van der Waals surface area contributed by atoms with E-state index in [1.807, 2.05) is 0 Å². The first kappa shape index (κ1) is 48.7. The van der Waals surface area contributed by atoms with E-state index < -0.39 is 10.8 Å². The molecule has 1 nitrogen and oxygen atoms in total. The zero-order valence-electron chi connectivity index (χ0n) is 48.7. The number of hydrogen-bond donors (Lipinski definition) is 0. The molecule has 0 radical (unpaired) electrons. The Labute approximate surface area is 507 Å². The third-order valence-corrected chi connectivity index (χ3v) is 20.9. The highest BCUT2D eigenvalue weighted by Crippen LogP contribution is 2.66. The molecule has 1 heteroatoms. The standard InChI is InChI=1S/C86H57N/c1-52-28-40-66-67-42-37-57(49-80(67)85(78(66)46-52)73-23-11-5-17-61(73)62-18-6-12-24-74(62)85)58-38-43-69-68-41-36-56(48-79(68)86(81(69)50-58)75-25-13-7-19-63(75)64-20-8-14-26-76(64)86)55-34-31-53(32-35-55)29-30-54-33-45-83-71(47-54)70-21-9-15-27-82(70)87(83)59-39-44-65-60-16-4-10-22-72(60)84(2,3)77(65)51-59/h4-51H,1-3H3. The molecule has 13 aromatic carbocycles. The van der Waals surface area contributed by atoms with E-state index in [4.69, 9.17) is 0 Å². The van der Waals surface area contributed by atoms with Gasteiger partial charge in [0, 0.05) is 21.9 Å². The van der Waals surface area contributed by atoms with Gasteiger partial charge in [0.15, 0.2) is 0 Å². The molecule has 406 valence electrons. The van der Waals surface area contributed by atoms with E-state index in [1.165, 1.54) is 172 Å². The fraction of sp³-hybridized carbons (Fsp3) is 0.0698. The van der Waals surface area contributed by atoms with Crippen LogP contribution in [-0.2, 0) is 16.2 Å². The molecular formula is C86H57N. The van der Waals surface area contributed by atoms with Crippen molar-refractivity contribution in [3.63, 3.8) is 0 Å². The molecule has 2 spiro atoms. The van der Waals surface area contributed by atoms with Gasteiger partial charge in [-0.2, -0.15) is 0 Å². The molecular weight excluding hydrogens is 1050 g/mol. The summed E-state index contributed by atoms with van der Waals surface area (Å²) >= 11 is 0. The van der Waals surface area contributed by atoms with Crippen molar-refractivity contribution in [3.05, 3.63) is 351 Å². The van der Waals surface area contributed by atoms with E-state index >= 15 is 0 Å². The molecule has 0 saturated heterocycles. The monoisotopic (exact) mass is 1100 g/mol. The van der Waals surface area contributed by atoms with Gasteiger partial charge < -0.3 is 4.57 Å². The number of para-hydroxylation sites is 1. The summed E-state index contributed by atoms with van der Waals surface area (Å²) in [6.07, 6.45) is 4.53. The summed E-state index contributed by atoms with van der Waals surface area (Å²) in [6.45, 7) is 6.96. The van der Waals surface area contributed by atoms with Crippen molar-refractivity contribution >= 4 is 34.0 Å². The second-order valence-corrected chi connectivity index (χ2v) is 25.5. The predicted molar refractivity (Wildman–Crippen MR) is 362 cm³/mol. The Balaban J connectivity index is 0.690. The number of rotatable bonds is 5. The van der Waals surface area contributed by atoms with Gasteiger partial charge in [0.2, 0.25) is 0 Å². The molecule has 0 saturated carbocycles. The predicted octanol–water partition coefficient (Wildman–Crippen LogP) is 21.6. The average molecular weight is 1100 g/mol. The Morgan fingerprint density at radius 2 is 0.644 bits per heavy atom. The molecule has 5 aliphatic rings. The van der Waals surface area contributed by atoms with E-state index in [1.54, 1.807) is 0 Å². The largest absolute Gasteiger partial charge is 0.309 e. The Hall–Kier alpha value is -10.6. The lowest BCUT2D eigenvalue weighted by Crippen LogP contribution is -2.26. The Kier molecular flexibility index (Phi) is 9.81. The van der Waals surface area contributed by atoms with Crippen LogP contribution in [0.25, 0.3) is 118 Å². The van der Waals surface area contributed by atoms with Gasteiger partial charge in [0.1, 0.15) is 0 Å². The van der Waals surface area contributed by atoms with Crippen LogP contribution in [0.2, 0.25) is 0 Å². The molecule has 0 amide bonds. The average Bonchev–Trinajstić information content (AvgIpc) is 1.54. The third kappa shape index (κ3) is 6.38. The van der Waals surface area contributed by atoms with Crippen molar-refractivity contribution in [2.24, 2.45) is 0 Å². The lowest BCUT2D eigenvalue weighted by Gasteiger charge is -2.31. The summed E-state index contributed by atoms with van der Waals surface area (Å²) in [5, 5.41) is 2.52. The van der Waals surface area contributed by atoms with Crippen LogP contribution in [-0.4, -0.2) is 4.57 Å².